The van der Waals surface area contributed by atoms with E-state index in [0.29, 0.717) is 15.3 Å². The Bertz CT molecular complexity index is 766. The number of benzene rings is 1. The molecule has 3 heterocycles. The van der Waals surface area contributed by atoms with Gasteiger partial charge in [-0.25, -0.2) is 0 Å². The van der Waals surface area contributed by atoms with Crippen molar-refractivity contribution < 1.29 is 0 Å². The molecule has 1 aromatic heterocycles. The van der Waals surface area contributed by atoms with E-state index in [1.807, 2.05) is 48.3 Å². The predicted molar refractivity (Wildman–Crippen MR) is 97.4 cm³/mol. The maximum atomic E-state index is 6.50. The molecule has 118 valence electrons. The molecule has 0 bridgehead atoms. The zero-order valence-electron chi connectivity index (χ0n) is 12.5. The molecule has 0 spiro atoms. The number of hydrogen-bond acceptors (Lipinski definition) is 4. The van der Waals surface area contributed by atoms with Crippen LogP contribution >= 0.6 is 35.0 Å². The Kier molecular flexibility index (Phi) is 4.00. The fraction of sp³-hybridized carbons (Fsp3) is 0.294. The summed E-state index contributed by atoms with van der Waals surface area (Å²) in [4.78, 5) is 11.8. The molecule has 0 saturated carbocycles. The molecule has 0 N–H and O–H groups in total. The monoisotopic (exact) mass is 363 g/mol. The molecule has 6 heteroatoms. The Morgan fingerprint density at radius 1 is 1.22 bits per heavy atom. The SMILES string of the molecule is C[C@@H]1CN2C(=N[C@H](c3ccccn3)[C@@H]2c2ccc(Cl)cc2Cl)S1. The fourth-order valence-corrected chi connectivity index (χ4v) is 4.81. The number of halogens is 2. The average molecular weight is 364 g/mol. The molecule has 2 aliphatic rings. The highest BCUT2D eigenvalue weighted by Gasteiger charge is 2.44. The summed E-state index contributed by atoms with van der Waals surface area (Å²) in [5.41, 5.74) is 2.03. The second kappa shape index (κ2) is 6.00. The topological polar surface area (TPSA) is 28.5 Å². The Morgan fingerprint density at radius 2 is 2.09 bits per heavy atom. The lowest BCUT2D eigenvalue weighted by Crippen LogP contribution is -2.28. The summed E-state index contributed by atoms with van der Waals surface area (Å²) >= 11 is 14.4. The molecule has 2 aliphatic heterocycles. The molecule has 0 aliphatic carbocycles. The third kappa shape index (κ3) is 2.73. The summed E-state index contributed by atoms with van der Waals surface area (Å²) in [6.45, 7) is 3.19. The van der Waals surface area contributed by atoms with E-state index in [9.17, 15) is 0 Å². The van der Waals surface area contributed by atoms with Crippen LogP contribution in [0, 0.1) is 0 Å². The number of hydrogen-bond donors (Lipinski definition) is 0. The molecule has 1 fully saturated rings. The molecule has 3 atom stereocenters. The molecule has 2 aromatic rings. The van der Waals surface area contributed by atoms with Gasteiger partial charge in [0.05, 0.1) is 11.7 Å². The Hall–Kier alpha value is -1.23. The van der Waals surface area contributed by atoms with Gasteiger partial charge in [0.1, 0.15) is 6.04 Å². The van der Waals surface area contributed by atoms with E-state index >= 15 is 0 Å². The van der Waals surface area contributed by atoms with Crippen LogP contribution in [0.2, 0.25) is 10.0 Å². The van der Waals surface area contributed by atoms with Gasteiger partial charge in [-0.05, 0) is 29.8 Å². The Balaban J connectivity index is 1.80. The van der Waals surface area contributed by atoms with Crippen LogP contribution in [0.5, 0.6) is 0 Å². The third-order valence-electron chi connectivity index (χ3n) is 4.16. The molecule has 1 aromatic carbocycles. The molecule has 0 radical (unpaired) electrons. The summed E-state index contributed by atoms with van der Waals surface area (Å²) in [6, 6.07) is 11.7. The van der Waals surface area contributed by atoms with Crippen molar-refractivity contribution in [3.05, 3.63) is 63.9 Å². The van der Waals surface area contributed by atoms with E-state index in [4.69, 9.17) is 28.2 Å². The largest absolute Gasteiger partial charge is 0.341 e. The lowest BCUT2D eigenvalue weighted by molar-refractivity contribution is 0.321. The predicted octanol–water partition coefficient (Wildman–Crippen LogP) is 4.98. The van der Waals surface area contributed by atoms with Crippen molar-refractivity contribution in [3.8, 4) is 0 Å². The number of rotatable bonds is 2. The van der Waals surface area contributed by atoms with E-state index in [-0.39, 0.29) is 12.1 Å². The summed E-state index contributed by atoms with van der Waals surface area (Å²) in [5, 5.41) is 2.96. The first-order valence-corrected chi connectivity index (χ1v) is 9.14. The van der Waals surface area contributed by atoms with Gasteiger partial charge in [0.25, 0.3) is 0 Å². The number of aliphatic imine (C=N–C) groups is 1. The van der Waals surface area contributed by atoms with E-state index in [1.165, 1.54) is 0 Å². The van der Waals surface area contributed by atoms with Gasteiger partial charge < -0.3 is 4.90 Å². The maximum Gasteiger partial charge on any atom is 0.160 e. The molecule has 4 rings (SSSR count). The quantitative estimate of drug-likeness (QED) is 0.753. The van der Waals surface area contributed by atoms with Gasteiger partial charge in [0.2, 0.25) is 0 Å². The van der Waals surface area contributed by atoms with Gasteiger partial charge in [0.15, 0.2) is 5.17 Å². The average Bonchev–Trinajstić information content (AvgIpc) is 3.05. The van der Waals surface area contributed by atoms with Gasteiger partial charge in [-0.3, -0.25) is 9.98 Å². The zero-order valence-corrected chi connectivity index (χ0v) is 14.8. The number of amidine groups is 1. The lowest BCUT2D eigenvalue weighted by Gasteiger charge is -2.28. The molecule has 1 saturated heterocycles. The molecule has 0 unspecified atom stereocenters. The fourth-order valence-electron chi connectivity index (χ4n) is 3.20. The Morgan fingerprint density at radius 3 is 2.83 bits per heavy atom. The van der Waals surface area contributed by atoms with Crippen molar-refractivity contribution in [2.75, 3.05) is 6.54 Å². The standard InChI is InChI=1S/C17H15Cl2N3S/c1-10-9-22-16(12-6-5-11(18)8-13(12)19)15(21-17(22)23-10)14-4-2-3-7-20-14/h2-8,10,15-16H,9H2,1H3/t10-,15-,16+/m1/s1. The van der Waals surface area contributed by atoms with E-state index in [0.717, 1.165) is 23.0 Å². The van der Waals surface area contributed by atoms with Gasteiger partial charge in [-0.15, -0.1) is 0 Å². The summed E-state index contributed by atoms with van der Waals surface area (Å²) in [6.07, 6.45) is 1.81. The summed E-state index contributed by atoms with van der Waals surface area (Å²) < 4.78 is 0. The van der Waals surface area contributed by atoms with Crippen molar-refractivity contribution in [2.45, 2.75) is 24.3 Å². The smallest absolute Gasteiger partial charge is 0.160 e. The lowest BCUT2D eigenvalue weighted by atomic mass is 9.96. The number of fused-ring (bicyclic) bond motifs is 1. The highest BCUT2D eigenvalue weighted by Crippen LogP contribution is 2.49. The van der Waals surface area contributed by atoms with Gasteiger partial charge in [-0.1, -0.05) is 54.0 Å². The minimum Gasteiger partial charge on any atom is -0.341 e. The van der Waals surface area contributed by atoms with Crippen LogP contribution in [0.1, 0.15) is 30.3 Å². The number of aromatic nitrogens is 1. The first kappa shape index (κ1) is 15.3. The highest BCUT2D eigenvalue weighted by molar-refractivity contribution is 8.14. The van der Waals surface area contributed by atoms with Gasteiger partial charge in [-0.2, -0.15) is 0 Å². The molecule has 0 amide bonds. The van der Waals surface area contributed by atoms with Gasteiger partial charge >= 0.3 is 0 Å². The normalized spacial score (nSPS) is 26.3. The van der Waals surface area contributed by atoms with Crippen LogP contribution in [-0.4, -0.2) is 26.8 Å². The minimum atomic E-state index is -0.0372. The van der Waals surface area contributed by atoms with Crippen LogP contribution < -0.4 is 0 Å². The number of nitrogens with zero attached hydrogens (tertiary/aromatic N) is 3. The van der Waals surface area contributed by atoms with E-state index in [2.05, 4.69) is 16.8 Å². The highest BCUT2D eigenvalue weighted by atomic mass is 35.5. The molecular weight excluding hydrogens is 349 g/mol. The van der Waals surface area contributed by atoms with Crippen molar-refractivity contribution in [1.29, 1.82) is 0 Å². The summed E-state index contributed by atoms with van der Waals surface area (Å²) in [5.74, 6) is 0. The van der Waals surface area contributed by atoms with Crippen molar-refractivity contribution in [2.24, 2.45) is 4.99 Å². The van der Waals surface area contributed by atoms with Crippen LogP contribution in [-0.2, 0) is 0 Å². The van der Waals surface area contributed by atoms with E-state index in [1.54, 1.807) is 6.07 Å². The first-order valence-electron chi connectivity index (χ1n) is 7.50. The minimum absolute atomic E-state index is 0.0372. The van der Waals surface area contributed by atoms with Gasteiger partial charge in [0, 0.05) is 28.0 Å². The van der Waals surface area contributed by atoms with Crippen LogP contribution in [0.3, 0.4) is 0 Å². The van der Waals surface area contributed by atoms with Crippen molar-refractivity contribution >= 4 is 40.1 Å². The molecular formula is C17H15Cl2N3S. The molecule has 3 nitrogen and oxygen atoms in total. The number of pyridine rings is 1. The van der Waals surface area contributed by atoms with Crippen molar-refractivity contribution in [3.63, 3.8) is 0 Å². The first-order chi connectivity index (χ1) is 11.1. The van der Waals surface area contributed by atoms with E-state index < -0.39 is 0 Å². The van der Waals surface area contributed by atoms with Crippen LogP contribution in [0.25, 0.3) is 0 Å². The Labute approximate surface area is 149 Å². The maximum absolute atomic E-state index is 6.50. The second-order valence-electron chi connectivity index (χ2n) is 5.80. The summed E-state index contributed by atoms with van der Waals surface area (Å²) in [7, 11) is 0. The van der Waals surface area contributed by atoms with Crippen LogP contribution in [0.15, 0.2) is 47.6 Å². The third-order valence-corrected chi connectivity index (χ3v) is 5.83. The number of thioether (sulfide) groups is 1. The molecule has 23 heavy (non-hydrogen) atoms. The van der Waals surface area contributed by atoms with Crippen LogP contribution in [0.4, 0.5) is 0 Å². The second-order valence-corrected chi connectivity index (χ2v) is 8.05. The zero-order chi connectivity index (χ0) is 16.0. The van der Waals surface area contributed by atoms with Crippen molar-refractivity contribution in [1.82, 2.24) is 9.88 Å².